The van der Waals surface area contributed by atoms with Crippen molar-refractivity contribution in [2.75, 3.05) is 6.54 Å². The van der Waals surface area contributed by atoms with Gasteiger partial charge in [0.05, 0.1) is 0 Å². The zero-order valence-electron chi connectivity index (χ0n) is 8.01. The van der Waals surface area contributed by atoms with Crippen molar-refractivity contribution < 1.29 is 13.6 Å². The summed E-state index contributed by atoms with van der Waals surface area (Å²) < 4.78 is 23.8. The normalized spacial score (nSPS) is 35.2. The predicted octanol–water partition coefficient (Wildman–Crippen LogP) is 1.80. The highest BCUT2D eigenvalue weighted by molar-refractivity contribution is 5.79. The van der Waals surface area contributed by atoms with Crippen molar-refractivity contribution >= 4 is 5.91 Å². The summed E-state index contributed by atoms with van der Waals surface area (Å²) in [6.07, 6.45) is 2.02. The van der Waals surface area contributed by atoms with Gasteiger partial charge in [-0.15, -0.1) is 0 Å². The fourth-order valence-electron chi connectivity index (χ4n) is 2.94. The van der Waals surface area contributed by atoms with Crippen LogP contribution in [0.5, 0.6) is 0 Å². The number of fused-ring (bicyclic) bond motifs is 2. The predicted molar refractivity (Wildman–Crippen MR) is 48.0 cm³/mol. The van der Waals surface area contributed by atoms with Gasteiger partial charge in [-0.05, 0) is 37.0 Å². The maximum absolute atomic E-state index is 11.9. The molecular weight excluding hydrogens is 188 g/mol. The maximum atomic E-state index is 11.9. The minimum absolute atomic E-state index is 0.449. The third-order valence-corrected chi connectivity index (χ3v) is 3.62. The number of hydrogen-bond acceptors (Lipinski definition) is 1. The van der Waals surface area contributed by atoms with Crippen molar-refractivity contribution in [3.05, 3.63) is 0 Å². The molecule has 80 valence electrons. The van der Waals surface area contributed by atoms with Gasteiger partial charge in [0, 0.05) is 6.54 Å². The lowest BCUT2D eigenvalue weighted by molar-refractivity contribution is -0.132. The highest BCUT2D eigenvalue weighted by Gasteiger charge is 2.39. The summed E-state index contributed by atoms with van der Waals surface area (Å²) in [6.45, 7) is 0.449. The third-order valence-electron chi connectivity index (χ3n) is 3.62. The molecule has 2 rings (SSSR count). The number of halogens is 2. The first-order chi connectivity index (χ1) is 6.66. The van der Waals surface area contributed by atoms with Gasteiger partial charge in [-0.1, -0.05) is 6.42 Å². The second-order valence-corrected chi connectivity index (χ2v) is 4.48. The van der Waals surface area contributed by atoms with Crippen LogP contribution in [0.25, 0.3) is 0 Å². The number of amides is 1. The fourth-order valence-corrected chi connectivity index (χ4v) is 2.94. The number of carbonyl (C=O) groups excluding carboxylic acids is 1. The first-order valence-corrected chi connectivity index (χ1v) is 5.22. The van der Waals surface area contributed by atoms with Crippen molar-refractivity contribution in [1.82, 2.24) is 5.32 Å². The molecule has 0 aromatic carbocycles. The molecule has 0 spiro atoms. The summed E-state index contributed by atoms with van der Waals surface area (Å²) in [4.78, 5) is 10.6. The molecule has 0 radical (unpaired) electrons. The molecule has 3 atom stereocenters. The molecule has 4 heteroatoms. The molecule has 0 saturated heterocycles. The van der Waals surface area contributed by atoms with E-state index in [1.165, 1.54) is 19.3 Å². The zero-order valence-corrected chi connectivity index (χ0v) is 8.01. The van der Waals surface area contributed by atoms with Crippen LogP contribution < -0.4 is 5.32 Å². The summed E-state index contributed by atoms with van der Waals surface area (Å²) in [6, 6.07) is 0. The average Bonchev–Trinajstić information content (AvgIpc) is 2.74. The van der Waals surface area contributed by atoms with E-state index in [0.717, 1.165) is 12.3 Å². The molecule has 2 nitrogen and oxygen atoms in total. The van der Waals surface area contributed by atoms with Crippen LogP contribution in [0, 0.1) is 17.8 Å². The van der Waals surface area contributed by atoms with Crippen LogP contribution in [0.4, 0.5) is 8.78 Å². The zero-order chi connectivity index (χ0) is 10.1. The van der Waals surface area contributed by atoms with E-state index >= 15 is 0 Å². The van der Waals surface area contributed by atoms with Crippen LogP contribution in [-0.4, -0.2) is 18.9 Å². The highest BCUT2D eigenvalue weighted by Crippen LogP contribution is 2.47. The minimum Gasteiger partial charge on any atom is -0.351 e. The molecule has 3 unspecified atom stereocenters. The lowest BCUT2D eigenvalue weighted by Crippen LogP contribution is -2.35. The van der Waals surface area contributed by atoms with Gasteiger partial charge in [-0.25, -0.2) is 0 Å². The van der Waals surface area contributed by atoms with Crippen LogP contribution in [0.15, 0.2) is 0 Å². The molecular formula is C10H15F2NO. The number of hydrogen-bond donors (Lipinski definition) is 1. The molecule has 1 amide bonds. The standard InChI is InChI=1S/C10H15F2NO/c11-9(12)10(14)13-5-8-4-6-1-2-7(8)3-6/h6-9H,1-5H2,(H,13,14). The summed E-state index contributed by atoms with van der Waals surface area (Å²) in [7, 11) is 0. The molecule has 1 N–H and O–H groups in total. The van der Waals surface area contributed by atoms with Gasteiger partial charge >= 0.3 is 6.43 Å². The number of alkyl halides is 2. The van der Waals surface area contributed by atoms with Crippen molar-refractivity contribution in [2.45, 2.75) is 32.1 Å². The quantitative estimate of drug-likeness (QED) is 0.744. The Balaban J connectivity index is 1.74. The second-order valence-electron chi connectivity index (χ2n) is 4.48. The van der Waals surface area contributed by atoms with Crippen LogP contribution in [0.3, 0.4) is 0 Å². The van der Waals surface area contributed by atoms with E-state index in [1.54, 1.807) is 0 Å². The smallest absolute Gasteiger partial charge is 0.315 e. The van der Waals surface area contributed by atoms with E-state index < -0.39 is 12.3 Å². The van der Waals surface area contributed by atoms with Crippen molar-refractivity contribution in [3.63, 3.8) is 0 Å². The van der Waals surface area contributed by atoms with E-state index in [9.17, 15) is 13.6 Å². The Labute approximate surface area is 82.1 Å². The highest BCUT2D eigenvalue weighted by atomic mass is 19.3. The van der Waals surface area contributed by atoms with Gasteiger partial charge in [0.1, 0.15) is 0 Å². The van der Waals surface area contributed by atoms with Crippen molar-refractivity contribution in [2.24, 2.45) is 17.8 Å². The molecule has 0 aliphatic heterocycles. The number of carbonyl (C=O) groups is 1. The van der Waals surface area contributed by atoms with Gasteiger partial charge in [-0.2, -0.15) is 8.78 Å². The molecule has 0 aromatic rings. The molecule has 2 fully saturated rings. The van der Waals surface area contributed by atoms with Crippen molar-refractivity contribution in [1.29, 1.82) is 0 Å². The Morgan fingerprint density at radius 3 is 2.64 bits per heavy atom. The van der Waals surface area contributed by atoms with Gasteiger partial charge in [0.25, 0.3) is 5.91 Å². The Kier molecular flexibility index (Phi) is 2.70. The largest absolute Gasteiger partial charge is 0.351 e. The minimum atomic E-state index is -2.87. The van der Waals surface area contributed by atoms with E-state index in [0.29, 0.717) is 18.4 Å². The maximum Gasteiger partial charge on any atom is 0.315 e. The second kappa shape index (κ2) is 3.83. The first-order valence-electron chi connectivity index (χ1n) is 5.22. The SMILES string of the molecule is O=C(NCC1CC2CCC1C2)C(F)F. The van der Waals surface area contributed by atoms with E-state index in [1.807, 2.05) is 0 Å². The molecule has 2 aliphatic carbocycles. The first kappa shape index (κ1) is 9.87. The van der Waals surface area contributed by atoms with Gasteiger partial charge in [0.2, 0.25) is 0 Å². The van der Waals surface area contributed by atoms with E-state index in [4.69, 9.17) is 0 Å². The summed E-state index contributed by atoms with van der Waals surface area (Å²) in [5, 5.41) is 2.32. The summed E-state index contributed by atoms with van der Waals surface area (Å²) in [5.74, 6) is 0.815. The van der Waals surface area contributed by atoms with Crippen LogP contribution >= 0.6 is 0 Å². The lowest BCUT2D eigenvalue weighted by Gasteiger charge is -2.21. The molecule has 14 heavy (non-hydrogen) atoms. The number of nitrogens with one attached hydrogen (secondary N) is 1. The van der Waals surface area contributed by atoms with Crippen LogP contribution in [0.1, 0.15) is 25.7 Å². The molecule has 2 saturated carbocycles. The molecule has 0 aromatic heterocycles. The fraction of sp³-hybridized carbons (Fsp3) is 0.900. The van der Waals surface area contributed by atoms with Crippen LogP contribution in [-0.2, 0) is 4.79 Å². The topological polar surface area (TPSA) is 29.1 Å². The van der Waals surface area contributed by atoms with Gasteiger partial charge < -0.3 is 5.32 Å². The monoisotopic (exact) mass is 203 g/mol. The van der Waals surface area contributed by atoms with Crippen molar-refractivity contribution in [3.8, 4) is 0 Å². The lowest BCUT2D eigenvalue weighted by atomic mass is 9.89. The van der Waals surface area contributed by atoms with E-state index in [-0.39, 0.29) is 0 Å². The Morgan fingerprint density at radius 2 is 2.14 bits per heavy atom. The van der Waals surface area contributed by atoms with Crippen LogP contribution in [0.2, 0.25) is 0 Å². The number of rotatable bonds is 3. The average molecular weight is 203 g/mol. The van der Waals surface area contributed by atoms with Gasteiger partial charge in [-0.3, -0.25) is 4.79 Å². The molecule has 2 aliphatic rings. The molecule has 0 heterocycles. The third kappa shape index (κ3) is 1.88. The summed E-state index contributed by atoms with van der Waals surface area (Å²) >= 11 is 0. The van der Waals surface area contributed by atoms with E-state index in [2.05, 4.69) is 5.32 Å². The Hall–Kier alpha value is -0.670. The summed E-state index contributed by atoms with van der Waals surface area (Å²) in [5.41, 5.74) is 0. The Bertz CT molecular complexity index is 232. The molecule has 2 bridgehead atoms. The Morgan fingerprint density at radius 1 is 1.36 bits per heavy atom. The van der Waals surface area contributed by atoms with Gasteiger partial charge in [0.15, 0.2) is 0 Å².